The number of hydrogen-bond donors (Lipinski definition) is 0. The summed E-state index contributed by atoms with van der Waals surface area (Å²) in [7, 11) is 0. The average molecular weight is 583 g/mol. The third-order valence-corrected chi connectivity index (χ3v) is 15.8. The van der Waals surface area contributed by atoms with Gasteiger partial charge in [-0.2, -0.15) is 0 Å². The number of halogens is 6. The third-order valence-electron chi connectivity index (χ3n) is 5.23. The molecule has 2 aromatic carbocycles. The Labute approximate surface area is 196 Å². The van der Waals surface area contributed by atoms with Crippen LogP contribution < -0.4 is 0 Å². The van der Waals surface area contributed by atoms with E-state index in [1.807, 2.05) is 60.7 Å². The summed E-state index contributed by atoms with van der Waals surface area (Å²) in [5, 5.41) is 0. The van der Waals surface area contributed by atoms with Gasteiger partial charge in [0, 0.05) is 0 Å². The van der Waals surface area contributed by atoms with Gasteiger partial charge in [-0.25, -0.2) is 0 Å². The maximum absolute atomic E-state index is 12.8. The van der Waals surface area contributed by atoms with E-state index in [0.29, 0.717) is 12.8 Å². The van der Waals surface area contributed by atoms with Crippen molar-refractivity contribution in [1.29, 1.82) is 0 Å². The molecule has 0 saturated heterocycles. The van der Waals surface area contributed by atoms with Gasteiger partial charge >= 0.3 is 196 Å². The molecule has 0 aliphatic heterocycles. The molecule has 0 aromatic heterocycles. The van der Waals surface area contributed by atoms with Gasteiger partial charge in [-0.05, 0) is 0 Å². The zero-order valence-electron chi connectivity index (χ0n) is 18.4. The molecule has 0 bridgehead atoms. The molecule has 0 aliphatic carbocycles. The Hall–Kier alpha value is -1.26. The monoisotopic (exact) mass is 584 g/mol. The number of benzene rings is 2. The first-order valence-electron chi connectivity index (χ1n) is 11.1. The van der Waals surface area contributed by atoms with Crippen LogP contribution in [0.1, 0.15) is 36.8 Å². The SMILES string of the molecule is FC(F)(F)CC[CH2][Sn]([CH2]CCC(F)(F)F)([O]CCc1ccccc1)[O]CCc1ccccc1. The van der Waals surface area contributed by atoms with Crippen molar-refractivity contribution in [2.45, 2.75) is 59.8 Å². The van der Waals surface area contributed by atoms with Crippen LogP contribution in [-0.2, 0) is 19.0 Å². The van der Waals surface area contributed by atoms with Crippen molar-refractivity contribution in [2.75, 3.05) is 13.2 Å². The number of alkyl halides is 6. The van der Waals surface area contributed by atoms with Gasteiger partial charge in [-0.3, -0.25) is 0 Å². The zero-order valence-corrected chi connectivity index (χ0v) is 21.3. The second-order valence-electron chi connectivity index (χ2n) is 8.02. The molecular formula is C24H30F6O2Sn. The predicted octanol–water partition coefficient (Wildman–Crippen LogP) is 7.63. The van der Waals surface area contributed by atoms with E-state index in [4.69, 9.17) is 6.15 Å². The molecule has 0 N–H and O–H groups in total. The van der Waals surface area contributed by atoms with Crippen LogP contribution in [0.2, 0.25) is 8.87 Å². The van der Waals surface area contributed by atoms with E-state index < -0.39 is 44.4 Å². The van der Waals surface area contributed by atoms with Gasteiger partial charge in [0.2, 0.25) is 0 Å². The molecule has 2 nitrogen and oxygen atoms in total. The summed E-state index contributed by atoms with van der Waals surface area (Å²) in [6.45, 7) is 0.451. The van der Waals surface area contributed by atoms with Crippen LogP contribution in [0.3, 0.4) is 0 Å². The van der Waals surface area contributed by atoms with Crippen LogP contribution in [0, 0.1) is 0 Å². The molecule has 0 atom stereocenters. The second-order valence-corrected chi connectivity index (χ2v) is 17.7. The van der Waals surface area contributed by atoms with Gasteiger partial charge in [-0.1, -0.05) is 0 Å². The summed E-state index contributed by atoms with van der Waals surface area (Å²) in [6.07, 6.45) is -9.95. The molecule has 2 aromatic rings. The Morgan fingerprint density at radius 1 is 0.576 bits per heavy atom. The Morgan fingerprint density at radius 2 is 0.939 bits per heavy atom. The van der Waals surface area contributed by atoms with E-state index in [9.17, 15) is 26.3 Å². The molecule has 9 heteroatoms. The first kappa shape index (κ1) is 28.0. The van der Waals surface area contributed by atoms with E-state index in [2.05, 4.69) is 0 Å². The quantitative estimate of drug-likeness (QED) is 0.168. The summed E-state index contributed by atoms with van der Waals surface area (Å²) < 4.78 is 89.1. The predicted molar refractivity (Wildman–Crippen MR) is 118 cm³/mol. The molecular weight excluding hydrogens is 553 g/mol. The Kier molecular flexibility index (Phi) is 11.5. The first-order chi connectivity index (χ1) is 15.6. The number of rotatable bonds is 14. The fraction of sp³-hybridized carbons (Fsp3) is 0.500. The van der Waals surface area contributed by atoms with E-state index >= 15 is 0 Å². The Balaban J connectivity index is 2.08. The molecule has 0 unspecified atom stereocenters. The van der Waals surface area contributed by atoms with Crippen LogP contribution in [0.5, 0.6) is 0 Å². The molecule has 0 aliphatic rings. The fourth-order valence-corrected chi connectivity index (χ4v) is 13.0. The van der Waals surface area contributed by atoms with Gasteiger partial charge in [0.25, 0.3) is 0 Å². The van der Waals surface area contributed by atoms with Crippen molar-refractivity contribution in [3.8, 4) is 0 Å². The van der Waals surface area contributed by atoms with Crippen LogP contribution in [0.15, 0.2) is 60.7 Å². The van der Waals surface area contributed by atoms with E-state index in [1.54, 1.807) is 0 Å². The van der Waals surface area contributed by atoms with E-state index in [1.165, 1.54) is 0 Å². The van der Waals surface area contributed by atoms with Gasteiger partial charge in [-0.15, -0.1) is 0 Å². The molecule has 0 amide bonds. The average Bonchev–Trinajstić information content (AvgIpc) is 2.73. The normalized spacial score (nSPS) is 12.8. The summed E-state index contributed by atoms with van der Waals surface area (Å²) in [5.74, 6) is 0. The molecule has 184 valence electrons. The van der Waals surface area contributed by atoms with Crippen molar-refractivity contribution in [3.63, 3.8) is 0 Å². The molecule has 2 rings (SSSR count). The zero-order chi connectivity index (χ0) is 24.2. The van der Waals surface area contributed by atoms with Crippen molar-refractivity contribution < 1.29 is 32.5 Å². The molecule has 0 spiro atoms. The Bertz CT molecular complexity index is 714. The third kappa shape index (κ3) is 12.7. The fourth-order valence-electron chi connectivity index (χ4n) is 3.57. The first-order valence-corrected chi connectivity index (χ1v) is 17.4. The summed E-state index contributed by atoms with van der Waals surface area (Å²) in [6, 6.07) is 18.8. The van der Waals surface area contributed by atoms with Crippen LogP contribution in [-0.4, -0.2) is 44.8 Å². The topological polar surface area (TPSA) is 18.5 Å². The molecule has 33 heavy (non-hydrogen) atoms. The van der Waals surface area contributed by atoms with Gasteiger partial charge in [0.05, 0.1) is 0 Å². The van der Waals surface area contributed by atoms with Crippen molar-refractivity contribution >= 4 is 19.2 Å². The van der Waals surface area contributed by atoms with Gasteiger partial charge in [0.1, 0.15) is 0 Å². The van der Waals surface area contributed by atoms with Crippen LogP contribution in [0.25, 0.3) is 0 Å². The number of hydrogen-bond acceptors (Lipinski definition) is 2. The second kappa shape index (κ2) is 13.6. The Morgan fingerprint density at radius 3 is 1.27 bits per heavy atom. The van der Waals surface area contributed by atoms with Crippen LogP contribution in [0.4, 0.5) is 26.3 Å². The van der Waals surface area contributed by atoms with E-state index in [0.717, 1.165) is 11.1 Å². The van der Waals surface area contributed by atoms with Gasteiger partial charge < -0.3 is 0 Å². The van der Waals surface area contributed by atoms with E-state index in [-0.39, 0.29) is 34.9 Å². The summed E-state index contributed by atoms with van der Waals surface area (Å²) in [5.41, 5.74) is 1.99. The summed E-state index contributed by atoms with van der Waals surface area (Å²) in [4.78, 5) is 0. The minimum atomic E-state index is -4.32. The summed E-state index contributed by atoms with van der Waals surface area (Å²) >= 11 is -4.23. The standard InChI is InChI=1S/2C8H9O.2C4H6F3.Sn/c2*9-7-6-8-4-2-1-3-5-8;2*1-2-3-4(5,6)7;/h2*1-5H,6-7H2;2*1-3H2;/q2*-1;;;+2. The minimum absolute atomic E-state index is 0.0790. The van der Waals surface area contributed by atoms with Crippen molar-refractivity contribution in [1.82, 2.24) is 0 Å². The van der Waals surface area contributed by atoms with Crippen molar-refractivity contribution in [3.05, 3.63) is 71.8 Å². The molecule has 0 fully saturated rings. The maximum atomic E-state index is 12.8. The van der Waals surface area contributed by atoms with Crippen LogP contribution >= 0.6 is 0 Å². The molecule has 0 radical (unpaired) electrons. The molecule has 0 saturated carbocycles. The van der Waals surface area contributed by atoms with Gasteiger partial charge in [0.15, 0.2) is 0 Å². The van der Waals surface area contributed by atoms with Crippen molar-refractivity contribution in [2.24, 2.45) is 0 Å². The molecule has 0 heterocycles.